The molecular formula is C14H18N2O. The van der Waals surface area contributed by atoms with Crippen molar-refractivity contribution < 1.29 is 4.74 Å². The molecule has 90 valence electrons. The summed E-state index contributed by atoms with van der Waals surface area (Å²) in [4.78, 5) is 4.38. The lowest BCUT2D eigenvalue weighted by molar-refractivity contribution is 0.414. The van der Waals surface area contributed by atoms with Crippen LogP contribution < -0.4 is 4.74 Å². The van der Waals surface area contributed by atoms with Gasteiger partial charge >= 0.3 is 0 Å². The number of imidazole rings is 1. The maximum atomic E-state index is 5.23. The van der Waals surface area contributed by atoms with Gasteiger partial charge in [0.05, 0.1) is 7.11 Å². The van der Waals surface area contributed by atoms with Gasteiger partial charge < -0.3 is 9.30 Å². The van der Waals surface area contributed by atoms with E-state index in [0.29, 0.717) is 0 Å². The Morgan fingerprint density at radius 2 is 2.24 bits per heavy atom. The van der Waals surface area contributed by atoms with Crippen LogP contribution in [0.15, 0.2) is 36.7 Å². The van der Waals surface area contributed by atoms with E-state index >= 15 is 0 Å². The molecule has 0 bridgehead atoms. The van der Waals surface area contributed by atoms with E-state index in [1.54, 1.807) is 7.11 Å². The standard InChI is InChI=1S/C14H18N2O/c1-3-5-14-15-8-9-16(14)11-12-6-4-7-13(10-12)17-2/h4,6-10H,3,5,11H2,1-2H3. The van der Waals surface area contributed by atoms with Crippen molar-refractivity contribution in [2.45, 2.75) is 26.3 Å². The third-order valence-electron chi connectivity index (χ3n) is 2.76. The van der Waals surface area contributed by atoms with Gasteiger partial charge in [0.25, 0.3) is 0 Å². The van der Waals surface area contributed by atoms with Crippen molar-refractivity contribution in [3.8, 4) is 5.75 Å². The number of ether oxygens (including phenoxy) is 1. The van der Waals surface area contributed by atoms with Crippen LogP contribution in [0.3, 0.4) is 0 Å². The van der Waals surface area contributed by atoms with Crippen molar-refractivity contribution in [1.29, 1.82) is 0 Å². The number of aromatic nitrogens is 2. The average Bonchev–Trinajstić information content (AvgIpc) is 2.78. The van der Waals surface area contributed by atoms with Crippen LogP contribution in [0.25, 0.3) is 0 Å². The summed E-state index contributed by atoms with van der Waals surface area (Å²) in [6.07, 6.45) is 6.04. The lowest BCUT2D eigenvalue weighted by Gasteiger charge is -2.08. The monoisotopic (exact) mass is 230 g/mol. The normalized spacial score (nSPS) is 10.5. The van der Waals surface area contributed by atoms with Crippen LogP contribution in [0.2, 0.25) is 0 Å². The molecule has 2 rings (SSSR count). The molecule has 0 aliphatic heterocycles. The number of nitrogens with zero attached hydrogens (tertiary/aromatic N) is 2. The van der Waals surface area contributed by atoms with E-state index in [0.717, 1.165) is 31.0 Å². The first kappa shape index (κ1) is 11.7. The van der Waals surface area contributed by atoms with Gasteiger partial charge in [0.15, 0.2) is 0 Å². The summed E-state index contributed by atoms with van der Waals surface area (Å²) >= 11 is 0. The van der Waals surface area contributed by atoms with Crippen molar-refractivity contribution >= 4 is 0 Å². The van der Waals surface area contributed by atoms with Crippen LogP contribution >= 0.6 is 0 Å². The van der Waals surface area contributed by atoms with Crippen molar-refractivity contribution in [3.63, 3.8) is 0 Å². The van der Waals surface area contributed by atoms with Gasteiger partial charge in [-0.05, 0) is 24.1 Å². The Morgan fingerprint density at radius 1 is 1.35 bits per heavy atom. The van der Waals surface area contributed by atoms with E-state index < -0.39 is 0 Å². The summed E-state index contributed by atoms with van der Waals surface area (Å²) in [6, 6.07) is 8.16. The number of rotatable bonds is 5. The lowest BCUT2D eigenvalue weighted by Crippen LogP contribution is -2.04. The largest absolute Gasteiger partial charge is 0.497 e. The highest BCUT2D eigenvalue weighted by Crippen LogP contribution is 2.14. The number of hydrogen-bond acceptors (Lipinski definition) is 2. The second-order valence-electron chi connectivity index (χ2n) is 4.07. The van der Waals surface area contributed by atoms with Gasteiger partial charge in [-0.3, -0.25) is 0 Å². The zero-order valence-electron chi connectivity index (χ0n) is 10.4. The van der Waals surface area contributed by atoms with Crippen LogP contribution in [0.1, 0.15) is 24.7 Å². The molecule has 0 saturated carbocycles. The first-order valence-corrected chi connectivity index (χ1v) is 5.96. The molecule has 3 nitrogen and oxygen atoms in total. The number of hydrogen-bond donors (Lipinski definition) is 0. The number of aryl methyl sites for hydroxylation is 1. The molecule has 3 heteroatoms. The Labute approximate surface area is 102 Å². The predicted molar refractivity (Wildman–Crippen MR) is 68.3 cm³/mol. The molecule has 0 amide bonds. The Bertz CT molecular complexity index is 477. The number of benzene rings is 1. The van der Waals surface area contributed by atoms with Gasteiger partial charge in [0.2, 0.25) is 0 Å². The highest BCUT2D eigenvalue weighted by Gasteiger charge is 2.03. The molecule has 1 heterocycles. The molecule has 0 unspecified atom stereocenters. The first-order chi connectivity index (χ1) is 8.33. The molecule has 1 aromatic carbocycles. The maximum Gasteiger partial charge on any atom is 0.119 e. The van der Waals surface area contributed by atoms with Crippen molar-refractivity contribution in [2.75, 3.05) is 7.11 Å². The molecule has 0 aliphatic rings. The summed E-state index contributed by atoms with van der Waals surface area (Å²) < 4.78 is 7.42. The van der Waals surface area contributed by atoms with Gasteiger partial charge in [-0.25, -0.2) is 4.98 Å². The summed E-state index contributed by atoms with van der Waals surface area (Å²) in [7, 11) is 1.69. The minimum absolute atomic E-state index is 0.854. The molecule has 1 aromatic heterocycles. The summed E-state index contributed by atoms with van der Waals surface area (Å²) in [5, 5.41) is 0. The second kappa shape index (κ2) is 5.53. The molecule has 0 saturated heterocycles. The van der Waals surface area contributed by atoms with E-state index in [1.165, 1.54) is 5.56 Å². The molecule has 0 spiro atoms. The molecule has 0 atom stereocenters. The van der Waals surface area contributed by atoms with Gasteiger partial charge in [0, 0.05) is 25.4 Å². The first-order valence-electron chi connectivity index (χ1n) is 5.96. The smallest absolute Gasteiger partial charge is 0.119 e. The molecule has 17 heavy (non-hydrogen) atoms. The Hall–Kier alpha value is -1.77. The van der Waals surface area contributed by atoms with E-state index in [2.05, 4.69) is 28.6 Å². The highest BCUT2D eigenvalue weighted by molar-refractivity contribution is 5.28. The highest BCUT2D eigenvalue weighted by atomic mass is 16.5. The van der Waals surface area contributed by atoms with Crippen molar-refractivity contribution in [2.24, 2.45) is 0 Å². The molecule has 0 radical (unpaired) electrons. The van der Waals surface area contributed by atoms with Crippen LogP contribution in [-0.2, 0) is 13.0 Å². The molecular weight excluding hydrogens is 212 g/mol. The van der Waals surface area contributed by atoms with Crippen LogP contribution in [-0.4, -0.2) is 16.7 Å². The third kappa shape index (κ3) is 2.87. The predicted octanol–water partition coefficient (Wildman–Crippen LogP) is 2.89. The Balaban J connectivity index is 2.16. The Morgan fingerprint density at radius 3 is 3.00 bits per heavy atom. The molecule has 0 fully saturated rings. The van der Waals surface area contributed by atoms with E-state index in [9.17, 15) is 0 Å². The summed E-state index contributed by atoms with van der Waals surface area (Å²) in [5.74, 6) is 2.05. The zero-order chi connectivity index (χ0) is 12.1. The van der Waals surface area contributed by atoms with E-state index in [1.807, 2.05) is 24.5 Å². The van der Waals surface area contributed by atoms with Crippen molar-refractivity contribution in [3.05, 3.63) is 48.0 Å². The minimum atomic E-state index is 0.854. The molecule has 0 aliphatic carbocycles. The molecule has 2 aromatic rings. The summed E-state index contributed by atoms with van der Waals surface area (Å²) in [5.41, 5.74) is 1.24. The topological polar surface area (TPSA) is 27.1 Å². The fourth-order valence-electron chi connectivity index (χ4n) is 1.90. The average molecular weight is 230 g/mol. The van der Waals surface area contributed by atoms with E-state index in [4.69, 9.17) is 4.74 Å². The van der Waals surface area contributed by atoms with Gasteiger partial charge in [-0.1, -0.05) is 19.1 Å². The fraction of sp³-hybridized carbons (Fsp3) is 0.357. The van der Waals surface area contributed by atoms with Gasteiger partial charge in [0.1, 0.15) is 11.6 Å². The lowest BCUT2D eigenvalue weighted by atomic mass is 10.2. The van der Waals surface area contributed by atoms with Gasteiger partial charge in [-0.15, -0.1) is 0 Å². The third-order valence-corrected chi connectivity index (χ3v) is 2.76. The maximum absolute atomic E-state index is 5.23. The SMILES string of the molecule is CCCc1nccn1Cc1cccc(OC)c1. The number of methoxy groups -OCH3 is 1. The van der Waals surface area contributed by atoms with E-state index in [-0.39, 0.29) is 0 Å². The van der Waals surface area contributed by atoms with Crippen LogP contribution in [0, 0.1) is 0 Å². The Kier molecular flexibility index (Phi) is 3.81. The second-order valence-corrected chi connectivity index (χ2v) is 4.07. The van der Waals surface area contributed by atoms with Gasteiger partial charge in [-0.2, -0.15) is 0 Å². The minimum Gasteiger partial charge on any atom is -0.497 e. The van der Waals surface area contributed by atoms with Crippen LogP contribution in [0.4, 0.5) is 0 Å². The fourth-order valence-corrected chi connectivity index (χ4v) is 1.90. The van der Waals surface area contributed by atoms with Crippen molar-refractivity contribution in [1.82, 2.24) is 9.55 Å². The quantitative estimate of drug-likeness (QED) is 0.789. The van der Waals surface area contributed by atoms with Crippen LogP contribution in [0.5, 0.6) is 5.75 Å². The molecule has 0 N–H and O–H groups in total. The summed E-state index contributed by atoms with van der Waals surface area (Å²) in [6.45, 7) is 3.02. The zero-order valence-corrected chi connectivity index (χ0v) is 10.4.